The van der Waals surface area contributed by atoms with Gasteiger partial charge in [0.15, 0.2) is 0 Å². The van der Waals surface area contributed by atoms with Gasteiger partial charge in [0.05, 0.1) is 29.6 Å². The minimum absolute atomic E-state index is 0.0572. The summed E-state index contributed by atoms with van der Waals surface area (Å²) in [4.78, 5) is 38.4. The highest BCUT2D eigenvalue weighted by atomic mass is 16.5. The first-order chi connectivity index (χ1) is 13.8. The number of nitrogens with one attached hydrogen (secondary N) is 1. The Morgan fingerprint density at radius 1 is 1.03 bits per heavy atom. The molecule has 0 fully saturated rings. The van der Waals surface area contributed by atoms with Crippen LogP contribution in [0.25, 0.3) is 0 Å². The van der Waals surface area contributed by atoms with Crippen LogP contribution >= 0.6 is 0 Å². The summed E-state index contributed by atoms with van der Waals surface area (Å²) < 4.78 is 10.8. The van der Waals surface area contributed by atoms with Crippen molar-refractivity contribution in [2.24, 2.45) is 0 Å². The molecule has 0 radical (unpaired) electrons. The van der Waals surface area contributed by atoms with Crippen LogP contribution in [0.5, 0.6) is 5.75 Å². The third kappa shape index (κ3) is 6.07. The number of para-hydroxylation sites is 3. The molecule has 0 atom stereocenters. The molecule has 0 spiro atoms. The zero-order chi connectivity index (χ0) is 21.4. The summed E-state index contributed by atoms with van der Waals surface area (Å²) >= 11 is 0. The van der Waals surface area contributed by atoms with Crippen LogP contribution in [0.15, 0.2) is 48.5 Å². The van der Waals surface area contributed by atoms with Crippen molar-refractivity contribution in [2.45, 2.75) is 33.8 Å². The van der Waals surface area contributed by atoms with Gasteiger partial charge < -0.3 is 19.7 Å². The zero-order valence-corrected chi connectivity index (χ0v) is 17.1. The highest BCUT2D eigenvalue weighted by Crippen LogP contribution is 2.26. The summed E-state index contributed by atoms with van der Waals surface area (Å²) in [5, 5.41) is 2.77. The number of carbonyl (C=O) groups excluding carboxylic acids is 3. The summed E-state index contributed by atoms with van der Waals surface area (Å²) in [6.45, 7) is 6.77. The molecule has 0 saturated heterocycles. The molecule has 0 saturated carbocycles. The largest absolute Gasteiger partial charge is 0.489 e. The molecule has 0 bridgehead atoms. The molecular formula is C22H26N2O5. The van der Waals surface area contributed by atoms with Gasteiger partial charge in [-0.25, -0.2) is 4.79 Å². The van der Waals surface area contributed by atoms with Crippen LogP contribution in [-0.4, -0.2) is 37.0 Å². The normalized spacial score (nSPS) is 10.4. The van der Waals surface area contributed by atoms with Crippen molar-refractivity contribution < 1.29 is 23.9 Å². The predicted molar refractivity (Wildman–Crippen MR) is 111 cm³/mol. The van der Waals surface area contributed by atoms with E-state index in [4.69, 9.17) is 9.47 Å². The fourth-order valence-corrected chi connectivity index (χ4v) is 2.72. The molecule has 0 aliphatic carbocycles. The lowest BCUT2D eigenvalue weighted by atomic mass is 10.1. The number of anilines is 2. The van der Waals surface area contributed by atoms with Gasteiger partial charge in [-0.2, -0.15) is 0 Å². The fraction of sp³-hybridized carbons (Fsp3) is 0.318. The van der Waals surface area contributed by atoms with E-state index in [1.54, 1.807) is 49.4 Å². The minimum Gasteiger partial charge on any atom is -0.489 e. The van der Waals surface area contributed by atoms with E-state index in [1.165, 1.54) is 11.8 Å². The molecule has 7 nitrogen and oxygen atoms in total. The Morgan fingerprint density at radius 2 is 1.69 bits per heavy atom. The molecule has 0 aliphatic rings. The molecule has 1 N–H and O–H groups in total. The van der Waals surface area contributed by atoms with Crippen molar-refractivity contribution in [3.63, 3.8) is 0 Å². The van der Waals surface area contributed by atoms with E-state index in [1.807, 2.05) is 19.9 Å². The summed E-state index contributed by atoms with van der Waals surface area (Å²) in [5.74, 6) is -0.801. The number of benzene rings is 2. The molecule has 7 heteroatoms. The molecular weight excluding hydrogens is 372 g/mol. The van der Waals surface area contributed by atoms with E-state index in [-0.39, 0.29) is 30.7 Å². The third-order valence-electron chi connectivity index (χ3n) is 3.90. The molecule has 154 valence electrons. The van der Waals surface area contributed by atoms with E-state index in [0.29, 0.717) is 17.1 Å². The van der Waals surface area contributed by atoms with Gasteiger partial charge in [-0.3, -0.25) is 9.59 Å². The second-order valence-corrected chi connectivity index (χ2v) is 6.55. The Bertz CT molecular complexity index is 879. The van der Waals surface area contributed by atoms with Gasteiger partial charge >= 0.3 is 5.97 Å². The lowest BCUT2D eigenvalue weighted by Crippen LogP contribution is -2.37. The lowest BCUT2D eigenvalue weighted by molar-refractivity contribution is -0.120. The molecule has 2 aromatic rings. The van der Waals surface area contributed by atoms with Gasteiger partial charge in [0, 0.05) is 6.92 Å². The van der Waals surface area contributed by atoms with E-state index in [0.717, 1.165) is 0 Å². The predicted octanol–water partition coefficient (Wildman–Crippen LogP) is 3.64. The zero-order valence-electron chi connectivity index (χ0n) is 17.1. The van der Waals surface area contributed by atoms with E-state index in [2.05, 4.69) is 5.32 Å². The average Bonchev–Trinajstić information content (AvgIpc) is 2.67. The fourth-order valence-electron chi connectivity index (χ4n) is 2.72. The van der Waals surface area contributed by atoms with Gasteiger partial charge in [0.1, 0.15) is 12.3 Å². The topological polar surface area (TPSA) is 84.9 Å². The molecule has 0 aliphatic heterocycles. The summed E-state index contributed by atoms with van der Waals surface area (Å²) in [7, 11) is 0. The monoisotopic (exact) mass is 398 g/mol. The first-order valence-electron chi connectivity index (χ1n) is 9.43. The van der Waals surface area contributed by atoms with Crippen LogP contribution in [-0.2, 0) is 14.3 Å². The Kier molecular flexibility index (Phi) is 7.77. The maximum atomic E-state index is 12.7. The van der Waals surface area contributed by atoms with Crippen molar-refractivity contribution in [1.29, 1.82) is 0 Å². The second-order valence-electron chi connectivity index (χ2n) is 6.55. The molecule has 0 aromatic heterocycles. The Morgan fingerprint density at radius 3 is 2.34 bits per heavy atom. The quantitative estimate of drug-likeness (QED) is 0.686. The van der Waals surface area contributed by atoms with Crippen LogP contribution in [0.3, 0.4) is 0 Å². The Hall–Kier alpha value is -3.35. The summed E-state index contributed by atoms with van der Waals surface area (Å²) in [5.41, 5.74) is 1.05. The number of nitrogens with zero attached hydrogens (tertiary/aromatic N) is 1. The number of rotatable bonds is 8. The van der Waals surface area contributed by atoms with Crippen LogP contribution in [0.4, 0.5) is 11.4 Å². The number of carbonyl (C=O) groups is 3. The molecule has 0 heterocycles. The highest BCUT2D eigenvalue weighted by Gasteiger charge is 2.22. The maximum Gasteiger partial charge on any atom is 0.340 e. The SMILES string of the molecule is CCOC(=O)c1ccccc1N(CC(=O)Nc1ccccc1OC(C)C)C(C)=O. The van der Waals surface area contributed by atoms with E-state index >= 15 is 0 Å². The van der Waals surface area contributed by atoms with Crippen LogP contribution < -0.4 is 15.0 Å². The number of hydrogen-bond donors (Lipinski definition) is 1. The average molecular weight is 398 g/mol. The maximum absolute atomic E-state index is 12.7. The van der Waals surface area contributed by atoms with Gasteiger partial charge in [-0.1, -0.05) is 24.3 Å². The molecule has 0 unspecified atom stereocenters. The van der Waals surface area contributed by atoms with Crippen molar-refractivity contribution in [3.05, 3.63) is 54.1 Å². The van der Waals surface area contributed by atoms with Crippen LogP contribution in [0.2, 0.25) is 0 Å². The van der Waals surface area contributed by atoms with Gasteiger partial charge in [0.25, 0.3) is 0 Å². The lowest BCUT2D eigenvalue weighted by Gasteiger charge is -2.23. The smallest absolute Gasteiger partial charge is 0.340 e. The van der Waals surface area contributed by atoms with Crippen molar-refractivity contribution >= 4 is 29.2 Å². The Labute approximate surface area is 170 Å². The van der Waals surface area contributed by atoms with Crippen molar-refractivity contribution in [2.75, 3.05) is 23.4 Å². The molecule has 29 heavy (non-hydrogen) atoms. The number of amides is 2. The number of esters is 1. The minimum atomic E-state index is -0.551. The van der Waals surface area contributed by atoms with E-state index in [9.17, 15) is 14.4 Å². The summed E-state index contributed by atoms with van der Waals surface area (Å²) in [6.07, 6.45) is -0.0572. The van der Waals surface area contributed by atoms with Crippen LogP contribution in [0.1, 0.15) is 38.1 Å². The van der Waals surface area contributed by atoms with Gasteiger partial charge in [0.2, 0.25) is 11.8 Å². The first kappa shape index (κ1) is 21.9. The Balaban J connectivity index is 2.24. The molecule has 2 aromatic carbocycles. The molecule has 2 amide bonds. The van der Waals surface area contributed by atoms with Crippen molar-refractivity contribution in [1.82, 2.24) is 0 Å². The van der Waals surface area contributed by atoms with Gasteiger partial charge in [-0.15, -0.1) is 0 Å². The van der Waals surface area contributed by atoms with Crippen molar-refractivity contribution in [3.8, 4) is 5.75 Å². The van der Waals surface area contributed by atoms with Crippen LogP contribution in [0, 0.1) is 0 Å². The number of ether oxygens (including phenoxy) is 2. The first-order valence-corrected chi connectivity index (χ1v) is 9.43. The number of hydrogen-bond acceptors (Lipinski definition) is 5. The summed E-state index contributed by atoms with van der Waals surface area (Å²) in [6, 6.07) is 13.6. The van der Waals surface area contributed by atoms with Gasteiger partial charge in [-0.05, 0) is 45.0 Å². The van der Waals surface area contributed by atoms with E-state index < -0.39 is 11.9 Å². The standard InChI is InChI=1S/C22H26N2O5/c1-5-28-22(27)17-10-6-8-12-19(17)24(16(4)25)14-21(26)23-18-11-7-9-13-20(18)29-15(2)3/h6-13,15H,5,14H2,1-4H3,(H,23,26). The highest BCUT2D eigenvalue weighted by molar-refractivity contribution is 6.06. The molecule has 2 rings (SSSR count). The second kappa shape index (κ2) is 10.3. The third-order valence-corrected chi connectivity index (χ3v) is 3.90.